The van der Waals surface area contributed by atoms with Crippen molar-refractivity contribution in [2.45, 2.75) is 44.8 Å². The Morgan fingerprint density at radius 2 is 2.03 bits per heavy atom. The summed E-state index contributed by atoms with van der Waals surface area (Å²) in [5.74, 6) is -3.67. The SMILES string of the molecule is COc1ccc2ncn(SF)c(=O)c2c1OC1CCN(C(=O)OC(C)(C)C)CC1(F)F. The molecule has 8 nitrogen and oxygen atoms in total. The van der Waals surface area contributed by atoms with Gasteiger partial charge in [0.15, 0.2) is 29.9 Å². The first-order valence-corrected chi connectivity index (χ1v) is 10.0. The molecule has 0 N–H and O–H groups in total. The van der Waals surface area contributed by atoms with Crippen molar-refractivity contribution >= 4 is 29.3 Å². The molecule has 1 saturated heterocycles. The molecule has 1 aliphatic rings. The van der Waals surface area contributed by atoms with Gasteiger partial charge in [-0.25, -0.2) is 22.5 Å². The van der Waals surface area contributed by atoms with Crippen LogP contribution in [0.3, 0.4) is 0 Å². The van der Waals surface area contributed by atoms with Crippen LogP contribution in [0, 0.1) is 0 Å². The predicted molar refractivity (Wildman–Crippen MR) is 108 cm³/mol. The zero-order chi connectivity index (χ0) is 23.0. The highest BCUT2D eigenvalue weighted by atomic mass is 32.2. The topological polar surface area (TPSA) is 82.9 Å². The number of halogens is 3. The second-order valence-electron chi connectivity index (χ2n) is 7.99. The van der Waals surface area contributed by atoms with Crippen LogP contribution in [0.25, 0.3) is 10.9 Å². The van der Waals surface area contributed by atoms with Crippen molar-refractivity contribution in [2.75, 3.05) is 20.2 Å². The highest BCUT2D eigenvalue weighted by molar-refractivity contribution is 7.92. The third kappa shape index (κ3) is 4.83. The molecule has 0 spiro atoms. The first-order chi connectivity index (χ1) is 14.5. The smallest absolute Gasteiger partial charge is 0.410 e. The molecule has 0 bridgehead atoms. The zero-order valence-corrected chi connectivity index (χ0v) is 18.2. The van der Waals surface area contributed by atoms with E-state index in [2.05, 4.69) is 4.98 Å². The fraction of sp³-hybridized carbons (Fsp3) is 0.526. The van der Waals surface area contributed by atoms with Crippen molar-refractivity contribution in [3.8, 4) is 11.5 Å². The van der Waals surface area contributed by atoms with Crippen molar-refractivity contribution in [1.29, 1.82) is 0 Å². The summed E-state index contributed by atoms with van der Waals surface area (Å²) < 4.78 is 59.4. The van der Waals surface area contributed by atoms with Gasteiger partial charge in [-0.05, 0) is 32.9 Å². The van der Waals surface area contributed by atoms with Crippen molar-refractivity contribution < 1.29 is 31.7 Å². The molecule has 1 aliphatic heterocycles. The number of benzene rings is 1. The summed E-state index contributed by atoms with van der Waals surface area (Å²) >= 11 is -0.375. The summed E-state index contributed by atoms with van der Waals surface area (Å²) in [7, 11) is 1.29. The third-order valence-corrected chi connectivity index (χ3v) is 4.96. The summed E-state index contributed by atoms with van der Waals surface area (Å²) in [5, 5.41) is -0.183. The van der Waals surface area contributed by atoms with E-state index in [0.717, 1.165) is 11.2 Å². The molecule has 1 aromatic carbocycles. The highest BCUT2D eigenvalue weighted by Gasteiger charge is 2.49. The Morgan fingerprint density at radius 3 is 2.61 bits per heavy atom. The molecule has 1 aromatic heterocycles. The Morgan fingerprint density at radius 1 is 1.32 bits per heavy atom. The number of amides is 1. The molecule has 31 heavy (non-hydrogen) atoms. The van der Waals surface area contributed by atoms with E-state index < -0.39 is 35.8 Å². The quantitative estimate of drug-likeness (QED) is 0.685. The number of piperidine rings is 1. The van der Waals surface area contributed by atoms with E-state index in [1.54, 1.807) is 20.8 Å². The number of rotatable bonds is 4. The number of likely N-dealkylation sites (tertiary alicyclic amines) is 1. The average molecular weight is 461 g/mol. The molecule has 1 unspecified atom stereocenters. The predicted octanol–water partition coefficient (Wildman–Crippen LogP) is 3.81. The van der Waals surface area contributed by atoms with Crippen LogP contribution in [-0.4, -0.2) is 57.8 Å². The Labute approximate surface area is 180 Å². The molecular weight excluding hydrogens is 439 g/mol. The van der Waals surface area contributed by atoms with Crippen LogP contribution in [0.5, 0.6) is 11.5 Å². The van der Waals surface area contributed by atoms with E-state index in [1.807, 2.05) is 0 Å². The van der Waals surface area contributed by atoms with Crippen molar-refractivity contribution in [3.05, 3.63) is 28.8 Å². The van der Waals surface area contributed by atoms with Gasteiger partial charge in [-0.15, -0.1) is 3.89 Å². The van der Waals surface area contributed by atoms with E-state index in [4.69, 9.17) is 14.2 Å². The number of carbonyl (C=O) groups excluding carboxylic acids is 1. The molecule has 1 fully saturated rings. The third-order valence-electron chi connectivity index (χ3n) is 4.56. The van der Waals surface area contributed by atoms with Crippen LogP contribution < -0.4 is 15.0 Å². The lowest BCUT2D eigenvalue weighted by Crippen LogP contribution is -2.56. The van der Waals surface area contributed by atoms with Gasteiger partial charge in [-0.3, -0.25) is 4.79 Å². The number of carbonyl (C=O) groups is 1. The lowest BCUT2D eigenvalue weighted by molar-refractivity contribution is -0.137. The standard InChI is InChI=1S/C19H22F3N3O5S/c1-18(2,3)30-17(27)24-8-7-13(19(20,21)9-24)29-15-12(28-4)6-5-11-14(15)16(26)25(31-22)10-23-11/h5-6,10,13H,7-9H2,1-4H3. The van der Waals surface area contributed by atoms with Gasteiger partial charge in [-0.1, -0.05) is 0 Å². The number of hydrogen-bond acceptors (Lipinski definition) is 7. The van der Waals surface area contributed by atoms with Gasteiger partial charge < -0.3 is 19.1 Å². The zero-order valence-electron chi connectivity index (χ0n) is 17.4. The van der Waals surface area contributed by atoms with E-state index in [0.29, 0.717) is 3.97 Å². The van der Waals surface area contributed by atoms with E-state index >= 15 is 0 Å². The summed E-state index contributed by atoms with van der Waals surface area (Å²) in [6.07, 6.45) is -1.74. The van der Waals surface area contributed by atoms with E-state index in [-0.39, 0.29) is 47.7 Å². The van der Waals surface area contributed by atoms with Crippen molar-refractivity contribution in [2.24, 2.45) is 0 Å². The van der Waals surface area contributed by atoms with Crippen LogP contribution in [0.15, 0.2) is 23.3 Å². The molecule has 3 rings (SSSR count). The summed E-state index contributed by atoms with van der Waals surface area (Å²) in [4.78, 5) is 29.6. The Balaban J connectivity index is 1.92. The van der Waals surface area contributed by atoms with Crippen LogP contribution in [0.1, 0.15) is 27.2 Å². The summed E-state index contributed by atoms with van der Waals surface area (Å²) in [5.41, 5.74) is -1.50. The lowest BCUT2D eigenvalue weighted by atomic mass is 10.0. The minimum Gasteiger partial charge on any atom is -0.493 e. The molecule has 1 amide bonds. The van der Waals surface area contributed by atoms with Gasteiger partial charge in [0.2, 0.25) is 0 Å². The fourth-order valence-electron chi connectivity index (χ4n) is 3.16. The molecule has 170 valence electrons. The van der Waals surface area contributed by atoms with Crippen molar-refractivity contribution in [1.82, 2.24) is 13.9 Å². The minimum absolute atomic E-state index is 0.0263. The normalized spacial score (nSPS) is 18.7. The minimum atomic E-state index is -3.45. The monoisotopic (exact) mass is 461 g/mol. The molecule has 1 atom stereocenters. The largest absolute Gasteiger partial charge is 0.493 e. The highest BCUT2D eigenvalue weighted by Crippen LogP contribution is 2.38. The van der Waals surface area contributed by atoms with Gasteiger partial charge >= 0.3 is 12.0 Å². The first kappa shape index (κ1) is 23.0. The number of fused-ring (bicyclic) bond motifs is 1. The second kappa shape index (κ2) is 8.48. The first-order valence-electron chi connectivity index (χ1n) is 9.36. The van der Waals surface area contributed by atoms with Gasteiger partial charge in [0, 0.05) is 13.0 Å². The van der Waals surface area contributed by atoms with Gasteiger partial charge in [0.05, 0.1) is 19.2 Å². The Hall–Kier alpha value is -2.63. The summed E-state index contributed by atoms with van der Waals surface area (Å²) in [6.45, 7) is 3.97. The summed E-state index contributed by atoms with van der Waals surface area (Å²) in [6, 6.07) is 2.87. The molecule has 2 aromatic rings. The maximum absolute atomic E-state index is 14.9. The average Bonchev–Trinajstić information content (AvgIpc) is 2.68. The molecule has 0 saturated carbocycles. The number of methoxy groups -OCH3 is 1. The second-order valence-corrected chi connectivity index (χ2v) is 8.53. The van der Waals surface area contributed by atoms with Gasteiger partial charge in [0.25, 0.3) is 5.56 Å². The molecule has 12 heteroatoms. The molecule has 0 radical (unpaired) electrons. The maximum Gasteiger partial charge on any atom is 0.410 e. The van der Waals surface area contributed by atoms with E-state index in [1.165, 1.54) is 19.2 Å². The van der Waals surface area contributed by atoms with Gasteiger partial charge in [0.1, 0.15) is 17.3 Å². The molecule has 2 heterocycles. The van der Waals surface area contributed by atoms with Crippen LogP contribution in [-0.2, 0) is 4.74 Å². The fourth-order valence-corrected chi connectivity index (χ4v) is 3.40. The number of aromatic nitrogens is 2. The number of nitrogens with zero attached hydrogens (tertiary/aromatic N) is 3. The van der Waals surface area contributed by atoms with Crippen LogP contribution >= 0.6 is 12.3 Å². The number of alkyl halides is 2. The Kier molecular flexibility index (Phi) is 6.30. The Bertz CT molecular complexity index is 1040. The van der Waals surface area contributed by atoms with Gasteiger partial charge in [-0.2, -0.15) is 0 Å². The van der Waals surface area contributed by atoms with Crippen LogP contribution in [0.2, 0.25) is 0 Å². The maximum atomic E-state index is 14.9. The number of hydrogen-bond donors (Lipinski definition) is 0. The number of ether oxygens (including phenoxy) is 3. The van der Waals surface area contributed by atoms with E-state index in [9.17, 15) is 22.3 Å². The molecular formula is C19H22F3N3O5S. The van der Waals surface area contributed by atoms with Crippen LogP contribution in [0.4, 0.5) is 17.5 Å². The molecule has 0 aliphatic carbocycles. The lowest BCUT2D eigenvalue weighted by Gasteiger charge is -2.38. The van der Waals surface area contributed by atoms with Crippen molar-refractivity contribution in [3.63, 3.8) is 0 Å².